The van der Waals surface area contributed by atoms with Gasteiger partial charge in [0.2, 0.25) is 0 Å². The Labute approximate surface area is 150 Å². The number of hydrogen-bond donors (Lipinski definition) is 1. The number of methoxy groups -OCH3 is 1. The second-order valence-electron chi connectivity index (χ2n) is 5.23. The van der Waals surface area contributed by atoms with Crippen LogP contribution in [0.1, 0.15) is 11.1 Å². The number of rotatable bonds is 9. The first-order chi connectivity index (χ1) is 11.7. The van der Waals surface area contributed by atoms with Crippen LogP contribution in [0.2, 0.25) is 0 Å². The Morgan fingerprint density at radius 3 is 2.79 bits per heavy atom. The van der Waals surface area contributed by atoms with Crippen molar-refractivity contribution in [3.05, 3.63) is 70.5 Å². The molecule has 24 heavy (non-hydrogen) atoms. The molecule has 2 rings (SSSR count). The van der Waals surface area contributed by atoms with Crippen molar-refractivity contribution in [1.82, 2.24) is 5.32 Å². The van der Waals surface area contributed by atoms with E-state index in [2.05, 4.69) is 27.8 Å². The zero-order valence-electron chi connectivity index (χ0n) is 13.6. The first-order valence-electron chi connectivity index (χ1n) is 7.70. The van der Waals surface area contributed by atoms with Gasteiger partial charge in [-0.25, -0.2) is 4.39 Å². The quantitative estimate of drug-likeness (QED) is 0.502. The van der Waals surface area contributed by atoms with E-state index < -0.39 is 0 Å². The second kappa shape index (κ2) is 9.45. The molecule has 2 aromatic rings. The predicted octanol–water partition coefficient (Wildman–Crippen LogP) is 4.49. The fourth-order valence-electron chi connectivity index (χ4n) is 2.31. The first kappa shape index (κ1) is 18.5. The molecule has 5 heteroatoms. The van der Waals surface area contributed by atoms with E-state index in [-0.39, 0.29) is 5.82 Å². The van der Waals surface area contributed by atoms with Crippen LogP contribution in [-0.2, 0) is 13.0 Å². The van der Waals surface area contributed by atoms with Gasteiger partial charge >= 0.3 is 0 Å². The fourth-order valence-corrected chi connectivity index (χ4v) is 2.92. The van der Waals surface area contributed by atoms with Crippen molar-refractivity contribution in [3.63, 3.8) is 0 Å². The van der Waals surface area contributed by atoms with E-state index in [1.807, 2.05) is 24.3 Å². The zero-order chi connectivity index (χ0) is 17.4. The lowest BCUT2D eigenvalue weighted by molar-refractivity contribution is 0.324. The minimum atomic E-state index is -0.160. The lowest BCUT2D eigenvalue weighted by Gasteiger charge is -2.14. The molecule has 128 valence electrons. The van der Waals surface area contributed by atoms with E-state index in [0.29, 0.717) is 37.6 Å². The molecule has 0 radical (unpaired) electrons. The van der Waals surface area contributed by atoms with Crippen molar-refractivity contribution in [2.24, 2.45) is 0 Å². The third kappa shape index (κ3) is 5.08. The molecule has 0 saturated carbocycles. The average Bonchev–Trinajstić information content (AvgIpc) is 2.58. The van der Waals surface area contributed by atoms with Crippen LogP contribution in [0.25, 0.3) is 0 Å². The highest BCUT2D eigenvalue weighted by molar-refractivity contribution is 9.10. The zero-order valence-corrected chi connectivity index (χ0v) is 15.2. The molecule has 0 spiro atoms. The summed E-state index contributed by atoms with van der Waals surface area (Å²) < 4.78 is 25.4. The Hall–Kier alpha value is -1.85. The third-order valence-corrected chi connectivity index (χ3v) is 4.08. The van der Waals surface area contributed by atoms with Gasteiger partial charge in [-0.1, -0.05) is 30.9 Å². The van der Waals surface area contributed by atoms with Crippen LogP contribution >= 0.6 is 15.9 Å². The monoisotopic (exact) mass is 393 g/mol. The van der Waals surface area contributed by atoms with Gasteiger partial charge in [-0.05, 0) is 58.2 Å². The summed E-state index contributed by atoms with van der Waals surface area (Å²) in [5.41, 5.74) is 1.77. The maximum Gasteiger partial charge on any atom is 0.175 e. The minimum Gasteiger partial charge on any atom is -0.493 e. The number of hydrogen-bond acceptors (Lipinski definition) is 3. The number of benzene rings is 2. The fraction of sp³-hybridized carbons (Fsp3) is 0.263. The Bertz CT molecular complexity index is 691. The summed E-state index contributed by atoms with van der Waals surface area (Å²) in [4.78, 5) is 0. The van der Waals surface area contributed by atoms with Crippen molar-refractivity contribution in [1.29, 1.82) is 0 Å². The van der Waals surface area contributed by atoms with Crippen LogP contribution in [0, 0.1) is 5.82 Å². The predicted molar refractivity (Wildman–Crippen MR) is 98.2 cm³/mol. The van der Waals surface area contributed by atoms with Gasteiger partial charge in [0.05, 0.1) is 11.6 Å². The highest BCUT2D eigenvalue weighted by atomic mass is 79.9. The molecular formula is C19H21BrFNO2. The van der Waals surface area contributed by atoms with Gasteiger partial charge in [-0.3, -0.25) is 0 Å². The van der Waals surface area contributed by atoms with E-state index in [4.69, 9.17) is 9.47 Å². The third-order valence-electron chi connectivity index (χ3n) is 3.49. The SMILES string of the molecule is C=CCOc1c(Br)cc(CNCCc2ccccc2F)cc1OC. The largest absolute Gasteiger partial charge is 0.493 e. The van der Waals surface area contributed by atoms with Crippen molar-refractivity contribution >= 4 is 15.9 Å². The maximum atomic E-state index is 13.6. The molecule has 1 N–H and O–H groups in total. The van der Waals surface area contributed by atoms with Crippen LogP contribution in [0.5, 0.6) is 11.5 Å². The van der Waals surface area contributed by atoms with E-state index in [9.17, 15) is 4.39 Å². The van der Waals surface area contributed by atoms with E-state index >= 15 is 0 Å². The Morgan fingerprint density at radius 1 is 1.29 bits per heavy atom. The molecule has 0 bridgehead atoms. The Morgan fingerprint density at radius 2 is 2.08 bits per heavy atom. The first-order valence-corrected chi connectivity index (χ1v) is 8.49. The molecule has 0 heterocycles. The molecule has 2 aromatic carbocycles. The standard InChI is InChI=1S/C19H21BrFNO2/c1-3-10-24-19-16(20)11-14(12-18(19)23-2)13-22-9-8-15-6-4-5-7-17(15)21/h3-7,11-12,22H,1,8-10,13H2,2H3. The van der Waals surface area contributed by atoms with E-state index in [1.165, 1.54) is 6.07 Å². The number of halogens is 2. The summed E-state index contributed by atoms with van der Waals surface area (Å²) >= 11 is 3.51. The summed E-state index contributed by atoms with van der Waals surface area (Å²) in [5.74, 6) is 1.16. The maximum absolute atomic E-state index is 13.6. The summed E-state index contributed by atoms with van der Waals surface area (Å²) in [6, 6.07) is 10.8. The second-order valence-corrected chi connectivity index (χ2v) is 6.08. The molecule has 0 aliphatic carbocycles. The molecule has 0 aliphatic heterocycles. The van der Waals surface area contributed by atoms with Gasteiger partial charge in [0.15, 0.2) is 11.5 Å². The molecule has 0 saturated heterocycles. The highest BCUT2D eigenvalue weighted by Crippen LogP contribution is 2.36. The molecule has 0 atom stereocenters. The van der Waals surface area contributed by atoms with Gasteiger partial charge in [-0.2, -0.15) is 0 Å². The topological polar surface area (TPSA) is 30.5 Å². The van der Waals surface area contributed by atoms with Crippen LogP contribution in [0.15, 0.2) is 53.5 Å². The van der Waals surface area contributed by atoms with Gasteiger partial charge in [0.25, 0.3) is 0 Å². The lowest BCUT2D eigenvalue weighted by atomic mass is 10.1. The molecule has 0 aromatic heterocycles. The summed E-state index contributed by atoms with van der Waals surface area (Å²) in [6.07, 6.45) is 2.33. The molecular weight excluding hydrogens is 373 g/mol. The van der Waals surface area contributed by atoms with Gasteiger partial charge in [-0.15, -0.1) is 0 Å². The smallest absolute Gasteiger partial charge is 0.175 e. The van der Waals surface area contributed by atoms with Crippen LogP contribution < -0.4 is 14.8 Å². The number of nitrogens with one attached hydrogen (secondary N) is 1. The van der Waals surface area contributed by atoms with Crippen molar-refractivity contribution in [2.75, 3.05) is 20.3 Å². The van der Waals surface area contributed by atoms with Crippen LogP contribution in [0.4, 0.5) is 4.39 Å². The van der Waals surface area contributed by atoms with Gasteiger partial charge in [0, 0.05) is 6.54 Å². The van der Waals surface area contributed by atoms with E-state index in [0.717, 1.165) is 15.6 Å². The summed E-state index contributed by atoms with van der Waals surface area (Å²) in [5, 5.41) is 3.32. The number of ether oxygens (including phenoxy) is 2. The molecule has 0 fully saturated rings. The average molecular weight is 394 g/mol. The van der Waals surface area contributed by atoms with Crippen LogP contribution in [0.3, 0.4) is 0 Å². The summed E-state index contributed by atoms with van der Waals surface area (Å²) in [6.45, 7) is 5.40. The molecule has 0 aliphatic rings. The summed E-state index contributed by atoms with van der Waals surface area (Å²) in [7, 11) is 1.61. The van der Waals surface area contributed by atoms with E-state index in [1.54, 1.807) is 19.3 Å². The molecule has 0 amide bonds. The normalized spacial score (nSPS) is 10.5. The molecule has 3 nitrogen and oxygen atoms in total. The lowest BCUT2D eigenvalue weighted by Crippen LogP contribution is -2.17. The van der Waals surface area contributed by atoms with Crippen molar-refractivity contribution < 1.29 is 13.9 Å². The van der Waals surface area contributed by atoms with Crippen LogP contribution in [-0.4, -0.2) is 20.3 Å². The van der Waals surface area contributed by atoms with Gasteiger partial charge < -0.3 is 14.8 Å². The van der Waals surface area contributed by atoms with Crippen molar-refractivity contribution in [3.8, 4) is 11.5 Å². The Balaban J connectivity index is 1.94. The minimum absolute atomic E-state index is 0.160. The highest BCUT2D eigenvalue weighted by Gasteiger charge is 2.11. The van der Waals surface area contributed by atoms with Gasteiger partial charge in [0.1, 0.15) is 12.4 Å². The van der Waals surface area contributed by atoms with Crippen molar-refractivity contribution in [2.45, 2.75) is 13.0 Å². The molecule has 0 unspecified atom stereocenters. The Kier molecular flexibility index (Phi) is 7.28.